The molecule has 0 spiro atoms. The van der Waals surface area contributed by atoms with Gasteiger partial charge >= 0.3 is 0 Å². The number of halogens is 3. The molecule has 0 bridgehead atoms. The maximum Gasteiger partial charge on any atom is 0.0746 e. The third-order valence-corrected chi connectivity index (χ3v) is 5.85. The van der Waals surface area contributed by atoms with Crippen LogP contribution in [0.15, 0.2) is 16.6 Å². The number of hydrogen-bond donors (Lipinski definition) is 0. The fraction of sp³-hybridized carbons (Fsp3) is 0.625. The number of nitrogens with zero attached hydrogens (tertiary/aromatic N) is 3. The summed E-state index contributed by atoms with van der Waals surface area (Å²) in [6.07, 6.45) is 2.58. The van der Waals surface area contributed by atoms with E-state index in [1.165, 1.54) is 25.9 Å². The van der Waals surface area contributed by atoms with Gasteiger partial charge in [0.2, 0.25) is 0 Å². The average molecular weight is 407 g/mol. The quantitative estimate of drug-likeness (QED) is 0.735. The van der Waals surface area contributed by atoms with Gasteiger partial charge in [0.25, 0.3) is 0 Å². The average Bonchev–Trinajstić information content (AvgIpc) is 2.48. The van der Waals surface area contributed by atoms with Gasteiger partial charge in [-0.15, -0.1) is 0 Å². The molecular formula is C16H22BrCl2N3. The standard InChI is InChI=1S/C16H22BrCl2N3/c1-20-4-2-13(3-5-20)21-6-8-22(9-7-21)16-14(18)10-12(17)11-15(16)19/h10-11,13H,2-9H2,1H3. The van der Waals surface area contributed by atoms with E-state index in [-0.39, 0.29) is 0 Å². The van der Waals surface area contributed by atoms with Crippen LogP contribution in [0.5, 0.6) is 0 Å². The van der Waals surface area contributed by atoms with Crippen molar-refractivity contribution in [2.45, 2.75) is 18.9 Å². The highest BCUT2D eigenvalue weighted by Crippen LogP contribution is 2.37. The van der Waals surface area contributed by atoms with Gasteiger partial charge in [0.1, 0.15) is 0 Å². The highest BCUT2D eigenvalue weighted by atomic mass is 79.9. The molecule has 22 heavy (non-hydrogen) atoms. The molecule has 6 heteroatoms. The minimum atomic E-state index is 0.729. The Balaban J connectivity index is 1.62. The SMILES string of the molecule is CN1CCC(N2CCN(c3c(Cl)cc(Br)cc3Cl)CC2)CC1. The predicted octanol–water partition coefficient (Wildman–Crippen LogP) is 3.97. The van der Waals surface area contributed by atoms with E-state index in [0.29, 0.717) is 0 Å². The summed E-state index contributed by atoms with van der Waals surface area (Å²) in [7, 11) is 2.21. The molecule has 3 rings (SSSR count). The molecule has 0 aliphatic carbocycles. The lowest BCUT2D eigenvalue weighted by molar-refractivity contribution is 0.115. The van der Waals surface area contributed by atoms with Gasteiger partial charge in [0, 0.05) is 36.7 Å². The van der Waals surface area contributed by atoms with Gasteiger partial charge in [0.15, 0.2) is 0 Å². The van der Waals surface area contributed by atoms with Gasteiger partial charge in [-0.25, -0.2) is 0 Å². The summed E-state index contributed by atoms with van der Waals surface area (Å²) in [5.74, 6) is 0. The first-order valence-corrected chi connectivity index (χ1v) is 9.41. The van der Waals surface area contributed by atoms with Gasteiger partial charge < -0.3 is 9.80 Å². The number of benzene rings is 1. The number of likely N-dealkylation sites (tertiary alicyclic amines) is 1. The third-order valence-electron chi connectivity index (χ3n) is 4.82. The van der Waals surface area contributed by atoms with Crippen LogP contribution < -0.4 is 4.90 Å². The zero-order valence-corrected chi connectivity index (χ0v) is 16.0. The van der Waals surface area contributed by atoms with Crippen LogP contribution in [0.3, 0.4) is 0 Å². The van der Waals surface area contributed by atoms with Crippen molar-refractivity contribution in [3.05, 3.63) is 26.7 Å². The summed E-state index contributed by atoms with van der Waals surface area (Å²) in [5, 5.41) is 1.46. The van der Waals surface area contributed by atoms with E-state index in [2.05, 4.69) is 37.7 Å². The van der Waals surface area contributed by atoms with Crippen molar-refractivity contribution in [3.63, 3.8) is 0 Å². The van der Waals surface area contributed by atoms with Crippen molar-refractivity contribution < 1.29 is 0 Å². The van der Waals surface area contributed by atoms with E-state index in [4.69, 9.17) is 23.2 Å². The summed E-state index contributed by atoms with van der Waals surface area (Å²) >= 11 is 16.2. The van der Waals surface area contributed by atoms with Gasteiger partial charge in [-0.05, 0) is 45.1 Å². The monoisotopic (exact) mass is 405 g/mol. The molecule has 2 aliphatic rings. The third kappa shape index (κ3) is 3.73. The zero-order chi connectivity index (χ0) is 15.7. The molecule has 0 N–H and O–H groups in total. The lowest BCUT2D eigenvalue weighted by Crippen LogP contribution is -2.53. The fourth-order valence-corrected chi connectivity index (χ4v) is 4.95. The fourth-order valence-electron chi connectivity index (χ4n) is 3.51. The van der Waals surface area contributed by atoms with Crippen LogP contribution >= 0.6 is 39.1 Å². The van der Waals surface area contributed by atoms with E-state index in [9.17, 15) is 0 Å². The van der Waals surface area contributed by atoms with Crippen LogP contribution in [0.1, 0.15) is 12.8 Å². The maximum absolute atomic E-state index is 6.39. The highest BCUT2D eigenvalue weighted by Gasteiger charge is 2.27. The van der Waals surface area contributed by atoms with Crippen molar-refractivity contribution in [1.82, 2.24) is 9.80 Å². The van der Waals surface area contributed by atoms with Gasteiger partial charge in [0.05, 0.1) is 15.7 Å². The lowest BCUT2D eigenvalue weighted by atomic mass is 10.0. The van der Waals surface area contributed by atoms with Gasteiger partial charge in [-0.2, -0.15) is 0 Å². The molecule has 1 aromatic rings. The summed E-state index contributed by atoms with van der Waals surface area (Å²) in [6.45, 7) is 6.61. The minimum Gasteiger partial charge on any atom is -0.367 e. The topological polar surface area (TPSA) is 9.72 Å². The summed E-state index contributed by atoms with van der Waals surface area (Å²) in [4.78, 5) is 7.39. The molecule has 0 unspecified atom stereocenters. The first-order valence-electron chi connectivity index (χ1n) is 7.86. The molecule has 0 atom stereocenters. The number of rotatable bonds is 2. The summed E-state index contributed by atoms with van der Waals surface area (Å²) in [5.41, 5.74) is 0.981. The second-order valence-electron chi connectivity index (χ2n) is 6.28. The Morgan fingerprint density at radius 1 is 0.955 bits per heavy atom. The van der Waals surface area contributed by atoms with E-state index >= 15 is 0 Å². The smallest absolute Gasteiger partial charge is 0.0746 e. The summed E-state index contributed by atoms with van der Waals surface area (Å²) < 4.78 is 0.927. The number of piperidine rings is 1. The van der Waals surface area contributed by atoms with Crippen molar-refractivity contribution >= 4 is 44.8 Å². The van der Waals surface area contributed by atoms with E-state index < -0.39 is 0 Å². The Morgan fingerprint density at radius 3 is 2.05 bits per heavy atom. The molecule has 0 saturated carbocycles. The van der Waals surface area contributed by atoms with Crippen LogP contribution in [-0.2, 0) is 0 Å². The molecule has 2 heterocycles. The molecule has 122 valence electrons. The predicted molar refractivity (Wildman–Crippen MR) is 98.5 cm³/mol. The van der Waals surface area contributed by atoms with Crippen LogP contribution in [0.2, 0.25) is 10.0 Å². The van der Waals surface area contributed by atoms with Crippen LogP contribution in [0.25, 0.3) is 0 Å². The maximum atomic E-state index is 6.39. The first kappa shape index (κ1) is 16.8. The van der Waals surface area contributed by atoms with Crippen LogP contribution in [-0.4, -0.2) is 62.2 Å². The molecular weight excluding hydrogens is 385 g/mol. The van der Waals surface area contributed by atoms with Crippen molar-refractivity contribution in [2.75, 3.05) is 51.2 Å². The Kier molecular flexibility index (Phi) is 5.56. The minimum absolute atomic E-state index is 0.729. The summed E-state index contributed by atoms with van der Waals surface area (Å²) in [6, 6.07) is 4.59. The lowest BCUT2D eigenvalue weighted by Gasteiger charge is -2.43. The number of piperazine rings is 1. The zero-order valence-electron chi connectivity index (χ0n) is 12.9. The number of hydrogen-bond acceptors (Lipinski definition) is 3. The Labute approximate surface area is 151 Å². The molecule has 2 aliphatic heterocycles. The molecule has 1 aromatic carbocycles. The second kappa shape index (κ2) is 7.27. The highest BCUT2D eigenvalue weighted by molar-refractivity contribution is 9.10. The molecule has 3 nitrogen and oxygen atoms in total. The van der Waals surface area contributed by atoms with Crippen LogP contribution in [0, 0.1) is 0 Å². The number of anilines is 1. The van der Waals surface area contributed by atoms with Crippen LogP contribution in [0.4, 0.5) is 5.69 Å². The molecule has 0 amide bonds. The molecule has 2 saturated heterocycles. The molecule has 0 radical (unpaired) electrons. The Hall–Kier alpha value is -0.0000000000000000555. The molecule has 0 aromatic heterocycles. The molecule has 2 fully saturated rings. The van der Waals surface area contributed by atoms with Crippen molar-refractivity contribution in [1.29, 1.82) is 0 Å². The second-order valence-corrected chi connectivity index (χ2v) is 8.01. The van der Waals surface area contributed by atoms with E-state index in [0.717, 1.165) is 52.4 Å². The van der Waals surface area contributed by atoms with E-state index in [1.807, 2.05) is 12.1 Å². The van der Waals surface area contributed by atoms with Gasteiger partial charge in [-0.3, -0.25) is 4.90 Å². The van der Waals surface area contributed by atoms with Gasteiger partial charge in [-0.1, -0.05) is 39.1 Å². The Bertz CT molecular complexity index is 501. The van der Waals surface area contributed by atoms with Crippen molar-refractivity contribution in [3.8, 4) is 0 Å². The van der Waals surface area contributed by atoms with E-state index in [1.54, 1.807) is 0 Å². The largest absolute Gasteiger partial charge is 0.367 e. The Morgan fingerprint density at radius 2 is 1.50 bits per heavy atom. The first-order chi connectivity index (χ1) is 10.5. The van der Waals surface area contributed by atoms with Crippen molar-refractivity contribution in [2.24, 2.45) is 0 Å². The normalized spacial score (nSPS) is 22.3.